The second-order valence-corrected chi connectivity index (χ2v) is 8.09. The van der Waals surface area contributed by atoms with Gasteiger partial charge in [0, 0.05) is 19.6 Å². The van der Waals surface area contributed by atoms with Crippen LogP contribution < -0.4 is 14.4 Å². The molecular formula is C18H24ClN3O3S. The fraction of sp³-hybridized carbons (Fsp3) is 0.333. The minimum absolute atomic E-state index is 0. The van der Waals surface area contributed by atoms with E-state index in [9.17, 15) is 8.42 Å². The van der Waals surface area contributed by atoms with Crippen LogP contribution in [0.3, 0.4) is 0 Å². The number of anilines is 2. The first-order valence-corrected chi connectivity index (χ1v) is 9.71. The molecule has 0 spiro atoms. The van der Waals surface area contributed by atoms with Crippen LogP contribution in [0.4, 0.5) is 11.4 Å². The summed E-state index contributed by atoms with van der Waals surface area (Å²) in [5, 5.41) is 3.17. The molecule has 26 heavy (non-hydrogen) atoms. The highest BCUT2D eigenvalue weighted by atomic mass is 35.5. The molecular weight excluding hydrogens is 374 g/mol. The van der Waals surface area contributed by atoms with Crippen LogP contribution in [0.25, 0.3) is 0 Å². The minimum atomic E-state index is -3.70. The van der Waals surface area contributed by atoms with Crippen molar-refractivity contribution < 1.29 is 13.2 Å². The van der Waals surface area contributed by atoms with E-state index in [0.29, 0.717) is 23.7 Å². The second-order valence-electron chi connectivity index (χ2n) is 6.17. The number of sulfonamides is 1. The zero-order valence-corrected chi connectivity index (χ0v) is 16.5. The monoisotopic (exact) mass is 397 g/mol. The Bertz CT molecular complexity index is 815. The molecule has 142 valence electrons. The van der Waals surface area contributed by atoms with Crippen molar-refractivity contribution in [3.63, 3.8) is 0 Å². The molecule has 6 nitrogen and oxygen atoms in total. The van der Waals surface area contributed by atoms with Crippen LogP contribution in [0.2, 0.25) is 0 Å². The van der Waals surface area contributed by atoms with Crippen molar-refractivity contribution in [2.45, 2.75) is 5.44 Å². The number of fused-ring (bicyclic) bond motifs is 1. The number of likely N-dealkylation sites (N-methyl/N-ethyl adjacent to an activating group) is 1. The summed E-state index contributed by atoms with van der Waals surface area (Å²) in [6, 6.07) is 16.3. The lowest BCUT2D eigenvalue weighted by Gasteiger charge is -2.35. The molecule has 1 aliphatic rings. The summed E-state index contributed by atoms with van der Waals surface area (Å²) >= 11 is 0. The number of halogens is 1. The van der Waals surface area contributed by atoms with Gasteiger partial charge < -0.3 is 15.0 Å². The number of nitrogens with one attached hydrogen (secondary N) is 1. The summed E-state index contributed by atoms with van der Waals surface area (Å²) in [7, 11) is 0.254. The first-order chi connectivity index (χ1) is 12.0. The first kappa shape index (κ1) is 20.5. The SMILES string of the molecule is CN(C)CCNCC1Oc2ccccc2N(c2ccccc2)S1(=O)=O.Cl. The topological polar surface area (TPSA) is 61.9 Å². The van der Waals surface area contributed by atoms with Crippen LogP contribution in [-0.2, 0) is 10.0 Å². The van der Waals surface area contributed by atoms with Gasteiger partial charge in [-0.15, -0.1) is 12.4 Å². The quantitative estimate of drug-likeness (QED) is 0.758. The zero-order chi connectivity index (χ0) is 17.9. The standard InChI is InChI=1S/C18H23N3O3S.ClH/c1-20(2)13-12-19-14-18-24-17-11-7-6-10-16(17)21(25(18,22)23)15-8-4-3-5-9-15;/h3-11,18-19H,12-14H2,1-2H3;1H. The first-order valence-electron chi connectivity index (χ1n) is 8.20. The van der Waals surface area contributed by atoms with Gasteiger partial charge in [-0.25, -0.2) is 12.7 Å². The summed E-state index contributed by atoms with van der Waals surface area (Å²) in [4.78, 5) is 2.04. The molecule has 0 saturated carbocycles. The van der Waals surface area contributed by atoms with E-state index in [2.05, 4.69) is 5.32 Å². The number of nitrogens with zero attached hydrogens (tertiary/aromatic N) is 2. The highest BCUT2D eigenvalue weighted by molar-refractivity contribution is 7.93. The number of hydrogen-bond donors (Lipinski definition) is 1. The van der Waals surface area contributed by atoms with Crippen LogP contribution in [0.1, 0.15) is 0 Å². The Morgan fingerprint density at radius 2 is 1.73 bits per heavy atom. The molecule has 0 radical (unpaired) electrons. The van der Waals surface area contributed by atoms with Crippen LogP contribution >= 0.6 is 12.4 Å². The molecule has 3 rings (SSSR count). The third-order valence-corrected chi connectivity index (χ3v) is 5.81. The summed E-state index contributed by atoms with van der Waals surface area (Å²) in [5.41, 5.74) is 0.180. The van der Waals surface area contributed by atoms with Crippen molar-refractivity contribution >= 4 is 33.8 Å². The Balaban J connectivity index is 0.00000243. The number of benzene rings is 2. The maximum atomic E-state index is 13.2. The molecule has 1 N–H and O–H groups in total. The summed E-state index contributed by atoms with van der Waals surface area (Å²) in [5.74, 6) is 0.570. The number of rotatable bonds is 6. The van der Waals surface area contributed by atoms with Crippen LogP contribution in [0.15, 0.2) is 54.6 Å². The molecule has 0 saturated heterocycles. The Labute approximate surface area is 161 Å². The molecule has 2 aromatic rings. The van der Waals surface area contributed by atoms with Gasteiger partial charge in [-0.1, -0.05) is 30.3 Å². The molecule has 8 heteroatoms. The Hall–Kier alpha value is -1.80. The molecule has 0 fully saturated rings. The molecule has 0 bridgehead atoms. The van der Waals surface area contributed by atoms with Crippen LogP contribution in [0.5, 0.6) is 5.75 Å². The van der Waals surface area contributed by atoms with Gasteiger partial charge in [0.15, 0.2) is 0 Å². The summed E-state index contributed by atoms with van der Waals surface area (Å²) in [6.45, 7) is 1.74. The Kier molecular flexibility index (Phi) is 6.88. The van der Waals surface area contributed by atoms with E-state index < -0.39 is 15.5 Å². The molecule has 0 amide bonds. The van der Waals surface area contributed by atoms with Gasteiger partial charge in [-0.05, 0) is 38.4 Å². The molecule has 0 aromatic heterocycles. The third-order valence-electron chi connectivity index (χ3n) is 3.97. The van der Waals surface area contributed by atoms with E-state index in [-0.39, 0.29) is 19.0 Å². The lowest BCUT2D eigenvalue weighted by Crippen LogP contribution is -2.48. The fourth-order valence-corrected chi connectivity index (χ4v) is 4.33. The van der Waals surface area contributed by atoms with Gasteiger partial charge in [0.2, 0.25) is 5.44 Å². The van der Waals surface area contributed by atoms with Crippen molar-refractivity contribution in [2.75, 3.05) is 38.0 Å². The molecule has 1 heterocycles. The summed E-state index contributed by atoms with van der Waals surface area (Å²) in [6.07, 6.45) is 0. The van der Waals surface area contributed by atoms with Crippen molar-refractivity contribution in [1.29, 1.82) is 0 Å². The van der Waals surface area contributed by atoms with Gasteiger partial charge in [-0.2, -0.15) is 0 Å². The predicted octanol–water partition coefficient (Wildman–Crippen LogP) is 2.45. The van der Waals surface area contributed by atoms with E-state index in [1.807, 2.05) is 49.3 Å². The average molecular weight is 398 g/mol. The lowest BCUT2D eigenvalue weighted by atomic mass is 10.2. The van der Waals surface area contributed by atoms with E-state index in [1.165, 1.54) is 4.31 Å². The van der Waals surface area contributed by atoms with E-state index in [1.54, 1.807) is 24.3 Å². The number of para-hydroxylation sites is 3. The Morgan fingerprint density at radius 3 is 2.42 bits per heavy atom. The maximum absolute atomic E-state index is 13.2. The molecule has 1 atom stereocenters. The van der Waals surface area contributed by atoms with Crippen LogP contribution in [-0.4, -0.2) is 52.5 Å². The smallest absolute Gasteiger partial charge is 0.279 e. The lowest BCUT2D eigenvalue weighted by molar-refractivity contribution is 0.260. The predicted molar refractivity (Wildman–Crippen MR) is 107 cm³/mol. The summed E-state index contributed by atoms with van der Waals surface area (Å²) < 4.78 is 33.5. The number of ether oxygens (including phenoxy) is 1. The van der Waals surface area contributed by atoms with Crippen molar-refractivity contribution in [1.82, 2.24) is 10.2 Å². The van der Waals surface area contributed by atoms with Gasteiger partial charge in [0.1, 0.15) is 5.75 Å². The molecule has 1 unspecified atom stereocenters. The highest BCUT2D eigenvalue weighted by Crippen LogP contribution is 2.41. The van der Waals surface area contributed by atoms with E-state index >= 15 is 0 Å². The molecule has 2 aromatic carbocycles. The van der Waals surface area contributed by atoms with E-state index in [4.69, 9.17) is 4.74 Å². The van der Waals surface area contributed by atoms with Gasteiger partial charge in [-0.3, -0.25) is 0 Å². The van der Waals surface area contributed by atoms with Gasteiger partial charge >= 0.3 is 0 Å². The second kappa shape index (κ2) is 8.73. The molecule has 0 aliphatic carbocycles. The van der Waals surface area contributed by atoms with Gasteiger partial charge in [0.05, 0.1) is 11.4 Å². The van der Waals surface area contributed by atoms with Crippen molar-refractivity contribution in [3.05, 3.63) is 54.6 Å². The largest absolute Gasteiger partial charge is 0.469 e. The Morgan fingerprint density at radius 1 is 1.08 bits per heavy atom. The van der Waals surface area contributed by atoms with Crippen LogP contribution in [0, 0.1) is 0 Å². The highest BCUT2D eigenvalue weighted by Gasteiger charge is 2.40. The third kappa shape index (κ3) is 4.29. The van der Waals surface area contributed by atoms with Gasteiger partial charge in [0.25, 0.3) is 10.0 Å². The number of hydrogen-bond acceptors (Lipinski definition) is 5. The van der Waals surface area contributed by atoms with Crippen molar-refractivity contribution in [2.24, 2.45) is 0 Å². The normalized spacial score (nSPS) is 18.0. The van der Waals surface area contributed by atoms with E-state index in [0.717, 1.165) is 6.54 Å². The maximum Gasteiger partial charge on any atom is 0.279 e. The molecule has 1 aliphatic heterocycles. The average Bonchev–Trinajstić information content (AvgIpc) is 2.59. The minimum Gasteiger partial charge on any atom is -0.469 e. The fourth-order valence-electron chi connectivity index (χ4n) is 2.70. The van der Waals surface area contributed by atoms with Crippen molar-refractivity contribution in [3.8, 4) is 5.75 Å². The zero-order valence-electron chi connectivity index (χ0n) is 14.8.